The molecule has 6 heteroatoms. The molecule has 1 aromatic rings. The summed E-state index contributed by atoms with van der Waals surface area (Å²) in [6, 6.07) is 9.00. The van der Waals surface area contributed by atoms with E-state index in [-0.39, 0.29) is 0 Å². The summed E-state index contributed by atoms with van der Waals surface area (Å²) in [7, 11) is 1.73. The number of nitrogens with one attached hydrogen (secondary N) is 1. The first-order valence-electron chi connectivity index (χ1n) is 11.3. The number of aliphatic imine (C=N–C) groups is 1. The maximum absolute atomic E-state index is 5.38. The Morgan fingerprint density at radius 2 is 2.00 bits per heavy atom. The van der Waals surface area contributed by atoms with Crippen LogP contribution in [-0.4, -0.2) is 81.3 Å². The van der Waals surface area contributed by atoms with E-state index in [2.05, 4.69) is 59.0 Å². The Bertz CT molecular complexity index is 654. The molecule has 1 unspecified atom stereocenters. The summed E-state index contributed by atoms with van der Waals surface area (Å²) in [5.41, 5.74) is 1.24. The van der Waals surface area contributed by atoms with Gasteiger partial charge in [0.05, 0.1) is 7.11 Å². The summed E-state index contributed by atoms with van der Waals surface area (Å²) in [6.07, 6.45) is 2.60. The minimum atomic E-state index is 0.639. The highest BCUT2D eigenvalue weighted by atomic mass is 16.5. The third-order valence-corrected chi connectivity index (χ3v) is 6.11. The molecule has 1 atom stereocenters. The molecule has 1 aromatic carbocycles. The van der Waals surface area contributed by atoms with Gasteiger partial charge in [-0.2, -0.15) is 0 Å². The number of benzene rings is 1. The molecule has 0 radical (unpaired) electrons. The quantitative estimate of drug-likeness (QED) is 0.586. The third-order valence-electron chi connectivity index (χ3n) is 6.11. The van der Waals surface area contributed by atoms with Gasteiger partial charge in [0.1, 0.15) is 5.75 Å². The predicted octanol–water partition coefficient (Wildman–Crippen LogP) is 2.90. The van der Waals surface area contributed by atoms with Gasteiger partial charge in [-0.3, -0.25) is 4.99 Å². The molecular weight excluding hydrogens is 362 g/mol. The minimum absolute atomic E-state index is 0.639. The molecule has 3 rings (SSSR count). The third kappa shape index (κ3) is 6.01. The SMILES string of the molecule is CCNC(=NCC1CCCN(C(C)C)C1)N1CCN(c2cccc(OC)c2)CC1. The lowest BCUT2D eigenvalue weighted by Gasteiger charge is -2.38. The summed E-state index contributed by atoms with van der Waals surface area (Å²) < 4.78 is 5.38. The number of piperazine rings is 1. The molecule has 0 bridgehead atoms. The van der Waals surface area contributed by atoms with Crippen LogP contribution in [-0.2, 0) is 0 Å². The molecule has 0 aliphatic carbocycles. The maximum Gasteiger partial charge on any atom is 0.194 e. The van der Waals surface area contributed by atoms with Crippen molar-refractivity contribution >= 4 is 11.6 Å². The molecule has 0 saturated carbocycles. The molecule has 6 nitrogen and oxygen atoms in total. The van der Waals surface area contributed by atoms with Gasteiger partial charge in [-0.05, 0) is 58.2 Å². The van der Waals surface area contributed by atoms with Gasteiger partial charge in [0.2, 0.25) is 0 Å². The Labute approximate surface area is 176 Å². The highest BCUT2D eigenvalue weighted by Gasteiger charge is 2.23. The van der Waals surface area contributed by atoms with Crippen molar-refractivity contribution in [1.29, 1.82) is 0 Å². The molecule has 2 aliphatic rings. The lowest BCUT2D eigenvalue weighted by atomic mass is 9.97. The van der Waals surface area contributed by atoms with Gasteiger partial charge >= 0.3 is 0 Å². The molecule has 0 amide bonds. The van der Waals surface area contributed by atoms with Crippen LogP contribution in [0.5, 0.6) is 5.75 Å². The Kier molecular flexibility index (Phi) is 8.04. The first kappa shape index (κ1) is 21.8. The number of anilines is 1. The van der Waals surface area contributed by atoms with E-state index in [0.717, 1.165) is 51.0 Å². The summed E-state index contributed by atoms with van der Waals surface area (Å²) in [5, 5.41) is 3.52. The average molecular weight is 402 g/mol. The summed E-state index contributed by atoms with van der Waals surface area (Å²) in [4.78, 5) is 12.5. The van der Waals surface area contributed by atoms with Crippen LogP contribution in [0.1, 0.15) is 33.6 Å². The van der Waals surface area contributed by atoms with Crippen LogP contribution < -0.4 is 15.0 Å². The Morgan fingerprint density at radius 3 is 2.69 bits per heavy atom. The van der Waals surface area contributed by atoms with Crippen molar-refractivity contribution in [2.24, 2.45) is 10.9 Å². The molecule has 2 heterocycles. The fourth-order valence-electron chi connectivity index (χ4n) is 4.34. The lowest BCUT2D eigenvalue weighted by molar-refractivity contribution is 0.143. The number of nitrogens with zero attached hydrogens (tertiary/aromatic N) is 4. The second-order valence-corrected chi connectivity index (χ2v) is 8.47. The van der Waals surface area contributed by atoms with Crippen LogP contribution >= 0.6 is 0 Å². The molecule has 0 aromatic heterocycles. The van der Waals surface area contributed by atoms with E-state index < -0.39 is 0 Å². The van der Waals surface area contributed by atoms with Crippen LogP contribution in [0.3, 0.4) is 0 Å². The zero-order chi connectivity index (χ0) is 20.6. The van der Waals surface area contributed by atoms with Crippen LogP contribution in [0.4, 0.5) is 5.69 Å². The number of methoxy groups -OCH3 is 1. The average Bonchev–Trinajstić information content (AvgIpc) is 2.77. The molecule has 2 fully saturated rings. The number of hydrogen-bond donors (Lipinski definition) is 1. The van der Waals surface area contributed by atoms with E-state index in [9.17, 15) is 0 Å². The van der Waals surface area contributed by atoms with E-state index in [0.29, 0.717) is 12.0 Å². The fourth-order valence-corrected chi connectivity index (χ4v) is 4.34. The molecule has 162 valence electrons. The van der Waals surface area contributed by atoms with Crippen molar-refractivity contribution in [3.05, 3.63) is 24.3 Å². The smallest absolute Gasteiger partial charge is 0.194 e. The molecule has 29 heavy (non-hydrogen) atoms. The highest BCUT2D eigenvalue weighted by molar-refractivity contribution is 5.80. The van der Waals surface area contributed by atoms with E-state index in [4.69, 9.17) is 9.73 Å². The standard InChI is InChI=1S/C23H39N5O/c1-5-24-23(25-17-20-8-7-11-28(18-20)19(2)3)27-14-12-26(13-15-27)21-9-6-10-22(16-21)29-4/h6,9-10,16,19-20H,5,7-8,11-15,17-18H2,1-4H3,(H,24,25). The minimum Gasteiger partial charge on any atom is -0.497 e. The molecule has 1 N–H and O–H groups in total. The molecular formula is C23H39N5O. The Hall–Kier alpha value is -1.95. The first-order valence-corrected chi connectivity index (χ1v) is 11.3. The Morgan fingerprint density at radius 1 is 1.21 bits per heavy atom. The number of piperidine rings is 1. The van der Waals surface area contributed by atoms with Crippen LogP contribution in [0.15, 0.2) is 29.3 Å². The van der Waals surface area contributed by atoms with Gasteiger partial charge in [0.15, 0.2) is 5.96 Å². The maximum atomic E-state index is 5.38. The molecule has 2 aliphatic heterocycles. The second kappa shape index (κ2) is 10.7. The van der Waals surface area contributed by atoms with Gasteiger partial charge < -0.3 is 24.8 Å². The van der Waals surface area contributed by atoms with Gasteiger partial charge in [-0.25, -0.2) is 0 Å². The van der Waals surface area contributed by atoms with E-state index in [1.807, 2.05) is 6.07 Å². The molecule has 2 saturated heterocycles. The van der Waals surface area contributed by atoms with Gasteiger partial charge in [-0.1, -0.05) is 6.07 Å². The number of likely N-dealkylation sites (tertiary alicyclic amines) is 1. The topological polar surface area (TPSA) is 43.3 Å². The van der Waals surface area contributed by atoms with Crippen molar-refractivity contribution in [2.75, 3.05) is 64.4 Å². The second-order valence-electron chi connectivity index (χ2n) is 8.47. The van der Waals surface area contributed by atoms with Gasteiger partial charge in [0.25, 0.3) is 0 Å². The molecule has 0 spiro atoms. The number of hydrogen-bond acceptors (Lipinski definition) is 4. The zero-order valence-electron chi connectivity index (χ0n) is 18.7. The number of ether oxygens (including phenoxy) is 1. The predicted molar refractivity (Wildman–Crippen MR) is 122 cm³/mol. The normalized spacial score (nSPS) is 21.6. The largest absolute Gasteiger partial charge is 0.497 e. The first-order chi connectivity index (χ1) is 14.1. The fraction of sp³-hybridized carbons (Fsp3) is 0.696. The van der Waals surface area contributed by atoms with Gasteiger partial charge in [-0.15, -0.1) is 0 Å². The monoisotopic (exact) mass is 401 g/mol. The van der Waals surface area contributed by atoms with Crippen LogP contribution in [0, 0.1) is 5.92 Å². The van der Waals surface area contributed by atoms with Crippen LogP contribution in [0.25, 0.3) is 0 Å². The van der Waals surface area contributed by atoms with Crippen molar-refractivity contribution in [2.45, 2.75) is 39.7 Å². The highest BCUT2D eigenvalue weighted by Crippen LogP contribution is 2.22. The summed E-state index contributed by atoms with van der Waals surface area (Å²) in [5.74, 6) is 2.68. The van der Waals surface area contributed by atoms with Crippen LogP contribution in [0.2, 0.25) is 0 Å². The van der Waals surface area contributed by atoms with Crippen molar-refractivity contribution in [3.8, 4) is 5.75 Å². The summed E-state index contributed by atoms with van der Waals surface area (Å²) in [6.45, 7) is 15.0. The van der Waals surface area contributed by atoms with Gasteiger partial charge in [0, 0.05) is 63.6 Å². The zero-order valence-corrected chi connectivity index (χ0v) is 18.7. The van der Waals surface area contributed by atoms with Crippen molar-refractivity contribution in [1.82, 2.24) is 15.1 Å². The van der Waals surface area contributed by atoms with Crippen molar-refractivity contribution < 1.29 is 4.74 Å². The number of rotatable bonds is 6. The van der Waals surface area contributed by atoms with E-state index in [1.165, 1.54) is 31.6 Å². The Balaban J connectivity index is 1.56. The van der Waals surface area contributed by atoms with E-state index in [1.54, 1.807) is 7.11 Å². The summed E-state index contributed by atoms with van der Waals surface area (Å²) >= 11 is 0. The van der Waals surface area contributed by atoms with E-state index >= 15 is 0 Å². The lowest BCUT2D eigenvalue weighted by Crippen LogP contribution is -2.52. The van der Waals surface area contributed by atoms with Crippen molar-refractivity contribution in [3.63, 3.8) is 0 Å². The number of guanidine groups is 1.